The maximum atomic E-state index is 11.5. The fourth-order valence-corrected chi connectivity index (χ4v) is 1.72. The molecule has 0 radical (unpaired) electrons. The van der Waals surface area contributed by atoms with Crippen molar-refractivity contribution in [3.8, 4) is 5.75 Å². The van der Waals surface area contributed by atoms with Gasteiger partial charge >= 0.3 is 0 Å². The molecule has 74 valence electrons. The second-order valence-electron chi connectivity index (χ2n) is 3.32. The van der Waals surface area contributed by atoms with Gasteiger partial charge < -0.3 is 15.7 Å². The van der Waals surface area contributed by atoms with Crippen LogP contribution in [-0.2, 0) is 11.2 Å². The van der Waals surface area contributed by atoms with Crippen LogP contribution in [-0.4, -0.2) is 24.1 Å². The standard InChI is InChI=1S/C10H12N2O2/c11-3-4-12-9-6-8(13)2-1-7(9)5-10(12)14/h1-2,6,13H,3-5,11H2. The Morgan fingerprint density at radius 1 is 1.50 bits per heavy atom. The molecule has 2 rings (SSSR count). The zero-order chi connectivity index (χ0) is 10.1. The Kier molecular flexibility index (Phi) is 2.13. The number of benzene rings is 1. The molecule has 0 unspecified atom stereocenters. The first-order chi connectivity index (χ1) is 6.72. The van der Waals surface area contributed by atoms with Crippen molar-refractivity contribution in [3.63, 3.8) is 0 Å². The number of carbonyl (C=O) groups is 1. The largest absolute Gasteiger partial charge is 0.508 e. The van der Waals surface area contributed by atoms with Crippen LogP contribution in [0.2, 0.25) is 0 Å². The van der Waals surface area contributed by atoms with Crippen molar-refractivity contribution >= 4 is 11.6 Å². The molecule has 0 saturated heterocycles. The lowest BCUT2D eigenvalue weighted by Gasteiger charge is -2.15. The van der Waals surface area contributed by atoms with Gasteiger partial charge in [0.05, 0.1) is 12.1 Å². The van der Waals surface area contributed by atoms with E-state index in [2.05, 4.69) is 0 Å². The van der Waals surface area contributed by atoms with E-state index in [1.807, 2.05) is 0 Å². The van der Waals surface area contributed by atoms with Gasteiger partial charge in [0.15, 0.2) is 0 Å². The molecule has 0 atom stereocenters. The number of hydrogen-bond donors (Lipinski definition) is 2. The smallest absolute Gasteiger partial charge is 0.231 e. The number of amides is 1. The predicted octanol–water partition coefficient (Wildman–Crippen LogP) is 0.240. The van der Waals surface area contributed by atoms with Crippen molar-refractivity contribution in [1.29, 1.82) is 0 Å². The van der Waals surface area contributed by atoms with Crippen molar-refractivity contribution in [3.05, 3.63) is 23.8 Å². The molecule has 0 aromatic heterocycles. The number of rotatable bonds is 2. The van der Waals surface area contributed by atoms with E-state index in [1.165, 1.54) is 0 Å². The van der Waals surface area contributed by atoms with Crippen LogP contribution in [0.1, 0.15) is 5.56 Å². The fraction of sp³-hybridized carbons (Fsp3) is 0.300. The highest BCUT2D eigenvalue weighted by Crippen LogP contribution is 2.31. The Bertz CT molecular complexity index is 376. The highest BCUT2D eigenvalue weighted by molar-refractivity contribution is 6.01. The van der Waals surface area contributed by atoms with Crippen LogP contribution in [0.25, 0.3) is 0 Å². The summed E-state index contributed by atoms with van der Waals surface area (Å²) in [5, 5.41) is 9.30. The minimum atomic E-state index is 0.0519. The Morgan fingerprint density at radius 3 is 3.00 bits per heavy atom. The Balaban J connectivity index is 2.39. The summed E-state index contributed by atoms with van der Waals surface area (Å²) in [6.07, 6.45) is 0.412. The molecule has 0 fully saturated rings. The molecular formula is C10H12N2O2. The molecule has 0 spiro atoms. The summed E-state index contributed by atoms with van der Waals surface area (Å²) < 4.78 is 0. The first kappa shape index (κ1) is 9.02. The molecule has 4 nitrogen and oxygen atoms in total. The molecule has 3 N–H and O–H groups in total. The van der Waals surface area contributed by atoms with Gasteiger partial charge in [-0.05, 0) is 11.6 Å². The summed E-state index contributed by atoms with van der Waals surface area (Å²) >= 11 is 0. The molecule has 1 amide bonds. The minimum Gasteiger partial charge on any atom is -0.508 e. The van der Waals surface area contributed by atoms with Gasteiger partial charge in [-0.25, -0.2) is 0 Å². The summed E-state index contributed by atoms with van der Waals surface area (Å²) in [4.78, 5) is 13.1. The van der Waals surface area contributed by atoms with Crippen LogP contribution >= 0.6 is 0 Å². The maximum absolute atomic E-state index is 11.5. The highest BCUT2D eigenvalue weighted by atomic mass is 16.3. The first-order valence-electron chi connectivity index (χ1n) is 4.54. The van der Waals surface area contributed by atoms with E-state index < -0.39 is 0 Å². The van der Waals surface area contributed by atoms with Crippen molar-refractivity contribution in [2.45, 2.75) is 6.42 Å². The van der Waals surface area contributed by atoms with E-state index in [4.69, 9.17) is 5.73 Å². The second kappa shape index (κ2) is 3.31. The molecular weight excluding hydrogens is 180 g/mol. The van der Waals surface area contributed by atoms with Gasteiger partial charge in [-0.15, -0.1) is 0 Å². The summed E-state index contributed by atoms with van der Waals surface area (Å²) in [5.74, 6) is 0.233. The average Bonchev–Trinajstić information content (AvgIpc) is 2.45. The van der Waals surface area contributed by atoms with Crippen LogP contribution < -0.4 is 10.6 Å². The van der Waals surface area contributed by atoms with Crippen molar-refractivity contribution in [2.24, 2.45) is 5.73 Å². The zero-order valence-corrected chi connectivity index (χ0v) is 7.73. The third-order valence-electron chi connectivity index (χ3n) is 2.36. The molecule has 1 aliphatic rings. The number of carbonyl (C=O) groups excluding carboxylic acids is 1. The summed E-state index contributed by atoms with van der Waals surface area (Å²) in [7, 11) is 0. The van der Waals surface area contributed by atoms with Gasteiger partial charge in [0, 0.05) is 19.2 Å². The Hall–Kier alpha value is -1.55. The lowest BCUT2D eigenvalue weighted by molar-refractivity contribution is -0.117. The minimum absolute atomic E-state index is 0.0519. The second-order valence-corrected chi connectivity index (χ2v) is 3.32. The fourth-order valence-electron chi connectivity index (χ4n) is 1.72. The van der Waals surface area contributed by atoms with Crippen LogP contribution in [0, 0.1) is 0 Å². The van der Waals surface area contributed by atoms with E-state index in [9.17, 15) is 9.90 Å². The maximum Gasteiger partial charge on any atom is 0.231 e. The molecule has 4 heteroatoms. The average molecular weight is 192 g/mol. The quantitative estimate of drug-likeness (QED) is 0.705. The molecule has 14 heavy (non-hydrogen) atoms. The molecule has 0 aliphatic carbocycles. The number of hydrogen-bond acceptors (Lipinski definition) is 3. The Labute approximate surface area is 81.9 Å². The van der Waals surface area contributed by atoms with Crippen LogP contribution in [0.5, 0.6) is 5.75 Å². The van der Waals surface area contributed by atoms with E-state index >= 15 is 0 Å². The van der Waals surface area contributed by atoms with E-state index in [0.717, 1.165) is 11.3 Å². The molecule has 1 aromatic rings. The third kappa shape index (κ3) is 1.33. The lowest BCUT2D eigenvalue weighted by Crippen LogP contribution is -2.31. The summed E-state index contributed by atoms with van der Waals surface area (Å²) in [6.45, 7) is 0.941. The van der Waals surface area contributed by atoms with Crippen molar-refractivity contribution in [2.75, 3.05) is 18.0 Å². The number of nitrogens with two attached hydrogens (primary N) is 1. The molecule has 1 heterocycles. The number of aromatic hydroxyl groups is 1. The zero-order valence-electron chi connectivity index (χ0n) is 7.73. The van der Waals surface area contributed by atoms with E-state index in [1.54, 1.807) is 23.1 Å². The first-order valence-corrected chi connectivity index (χ1v) is 4.54. The molecule has 1 aromatic carbocycles. The Morgan fingerprint density at radius 2 is 2.29 bits per heavy atom. The summed E-state index contributed by atoms with van der Waals surface area (Å²) in [5.41, 5.74) is 7.16. The summed E-state index contributed by atoms with van der Waals surface area (Å²) in [6, 6.07) is 4.98. The SMILES string of the molecule is NCCN1C(=O)Cc2ccc(O)cc21. The topological polar surface area (TPSA) is 66.6 Å². The van der Waals surface area contributed by atoms with E-state index in [0.29, 0.717) is 19.5 Å². The lowest BCUT2D eigenvalue weighted by atomic mass is 10.1. The van der Waals surface area contributed by atoms with Crippen molar-refractivity contribution in [1.82, 2.24) is 0 Å². The highest BCUT2D eigenvalue weighted by Gasteiger charge is 2.26. The van der Waals surface area contributed by atoms with Gasteiger partial charge in [-0.2, -0.15) is 0 Å². The monoisotopic (exact) mass is 192 g/mol. The number of nitrogens with zero attached hydrogens (tertiary/aromatic N) is 1. The number of anilines is 1. The molecule has 0 saturated carbocycles. The normalized spacial score (nSPS) is 14.6. The van der Waals surface area contributed by atoms with Gasteiger partial charge in [-0.3, -0.25) is 4.79 Å². The van der Waals surface area contributed by atoms with E-state index in [-0.39, 0.29) is 11.7 Å². The van der Waals surface area contributed by atoms with Gasteiger partial charge in [0.1, 0.15) is 5.75 Å². The van der Waals surface area contributed by atoms with Crippen LogP contribution in [0.4, 0.5) is 5.69 Å². The third-order valence-corrected chi connectivity index (χ3v) is 2.36. The number of fused-ring (bicyclic) bond motifs is 1. The van der Waals surface area contributed by atoms with Gasteiger partial charge in [0.2, 0.25) is 5.91 Å². The van der Waals surface area contributed by atoms with Crippen LogP contribution in [0.3, 0.4) is 0 Å². The van der Waals surface area contributed by atoms with Gasteiger partial charge in [0.25, 0.3) is 0 Å². The number of phenols is 1. The van der Waals surface area contributed by atoms with Crippen molar-refractivity contribution < 1.29 is 9.90 Å². The number of phenolic OH excluding ortho intramolecular Hbond substituents is 1. The molecule has 0 bridgehead atoms. The van der Waals surface area contributed by atoms with Crippen LogP contribution in [0.15, 0.2) is 18.2 Å². The predicted molar refractivity (Wildman–Crippen MR) is 53.2 cm³/mol. The molecule has 1 aliphatic heterocycles. The van der Waals surface area contributed by atoms with Gasteiger partial charge in [-0.1, -0.05) is 6.07 Å².